The molecule has 0 aromatic heterocycles. The first-order valence-corrected chi connectivity index (χ1v) is 14.2. The van der Waals surface area contributed by atoms with E-state index in [1.54, 1.807) is 18.2 Å². The van der Waals surface area contributed by atoms with E-state index in [2.05, 4.69) is 22.8 Å². The number of nitrogens with one attached hydrogen (secondary N) is 2. The Balaban J connectivity index is 1.55. The first kappa shape index (κ1) is 30.0. The van der Waals surface area contributed by atoms with Gasteiger partial charge < -0.3 is 10.6 Å². The van der Waals surface area contributed by atoms with Crippen molar-refractivity contribution in [3.8, 4) is 12.1 Å². The summed E-state index contributed by atoms with van der Waals surface area (Å²) in [6, 6.07) is 46.3. The van der Waals surface area contributed by atoms with Crippen LogP contribution in [0, 0.1) is 29.6 Å². The van der Waals surface area contributed by atoms with Gasteiger partial charge in [0.25, 0.3) is 11.8 Å². The molecular weight excluding hydrogens is 556 g/mol. The molecule has 0 saturated heterocycles. The van der Waals surface area contributed by atoms with Gasteiger partial charge in [-0.25, -0.2) is 0 Å². The third kappa shape index (κ3) is 6.94. The van der Waals surface area contributed by atoms with E-state index in [0.29, 0.717) is 39.1 Å². The maximum Gasteiger partial charge on any atom is 0.267 e. The Hall–Kier alpha value is -6.50. The second kappa shape index (κ2) is 14.1. The van der Waals surface area contributed by atoms with Crippen molar-refractivity contribution in [2.75, 3.05) is 10.6 Å². The first-order chi connectivity index (χ1) is 22.0. The molecule has 6 heteroatoms. The lowest BCUT2D eigenvalue weighted by atomic mass is 9.93. The minimum Gasteiger partial charge on any atom is -0.319 e. The quantitative estimate of drug-likeness (QED) is 0.143. The highest BCUT2D eigenvalue weighted by molar-refractivity contribution is 6.18. The number of rotatable bonds is 8. The zero-order chi connectivity index (χ0) is 31.6. The average molecular weight is 585 g/mol. The molecule has 5 aromatic carbocycles. The molecule has 0 bridgehead atoms. The summed E-state index contributed by atoms with van der Waals surface area (Å²) in [6.45, 7) is 1.85. The summed E-state index contributed by atoms with van der Waals surface area (Å²) in [5.74, 6) is -1.27. The number of aryl methyl sites for hydroxylation is 1. The van der Waals surface area contributed by atoms with Crippen molar-refractivity contribution >= 4 is 34.3 Å². The van der Waals surface area contributed by atoms with E-state index in [9.17, 15) is 20.1 Å². The van der Waals surface area contributed by atoms with Gasteiger partial charge in [0.1, 0.15) is 23.3 Å². The second-order valence-electron chi connectivity index (χ2n) is 10.1. The number of hydrogen-bond donors (Lipinski definition) is 2. The van der Waals surface area contributed by atoms with Crippen molar-refractivity contribution in [3.63, 3.8) is 0 Å². The van der Waals surface area contributed by atoms with E-state index in [1.165, 1.54) is 0 Å². The summed E-state index contributed by atoms with van der Waals surface area (Å²) in [7, 11) is 0. The molecule has 0 heterocycles. The monoisotopic (exact) mass is 584 g/mol. The minimum absolute atomic E-state index is 0.0840. The largest absolute Gasteiger partial charge is 0.319 e. The fourth-order valence-corrected chi connectivity index (χ4v) is 5.01. The molecule has 0 fully saturated rings. The number of anilines is 2. The van der Waals surface area contributed by atoms with E-state index in [4.69, 9.17) is 0 Å². The number of nitrogens with zero attached hydrogens (tertiary/aromatic N) is 2. The van der Waals surface area contributed by atoms with Crippen LogP contribution in [0.4, 0.5) is 11.4 Å². The van der Waals surface area contributed by atoms with Gasteiger partial charge in [-0.1, -0.05) is 127 Å². The molecule has 45 heavy (non-hydrogen) atoms. The Labute approximate surface area is 262 Å². The maximum atomic E-state index is 13.8. The van der Waals surface area contributed by atoms with Crippen molar-refractivity contribution in [2.24, 2.45) is 0 Å². The molecule has 0 radical (unpaired) electrons. The number of nitriles is 2. The minimum atomic E-state index is -0.634. The smallest absolute Gasteiger partial charge is 0.267 e. The van der Waals surface area contributed by atoms with Crippen LogP contribution >= 0.6 is 0 Å². The fourth-order valence-electron chi connectivity index (χ4n) is 5.01. The van der Waals surface area contributed by atoms with Crippen LogP contribution in [0.3, 0.4) is 0 Å². The molecule has 0 saturated carbocycles. The predicted octanol–water partition coefficient (Wildman–Crippen LogP) is 7.92. The molecule has 6 nitrogen and oxygen atoms in total. The van der Waals surface area contributed by atoms with Gasteiger partial charge in [0.2, 0.25) is 0 Å². The van der Waals surface area contributed by atoms with Crippen LogP contribution in [0.2, 0.25) is 0 Å². The fraction of sp³-hybridized carbons (Fsp3) is 0.0256. The molecule has 0 aliphatic heterocycles. The first-order valence-electron chi connectivity index (χ1n) is 14.2. The van der Waals surface area contributed by atoms with Crippen LogP contribution in [0.25, 0.3) is 11.1 Å². The third-order valence-electron chi connectivity index (χ3n) is 7.10. The van der Waals surface area contributed by atoms with E-state index in [-0.39, 0.29) is 16.8 Å². The summed E-state index contributed by atoms with van der Waals surface area (Å²) in [4.78, 5) is 27.5. The highest BCUT2D eigenvalue weighted by atomic mass is 16.2. The van der Waals surface area contributed by atoms with Crippen LogP contribution in [0.1, 0.15) is 27.8 Å². The SMILES string of the molecule is Cc1ccc(NC(=O)C(C#N)=C(c2ccccc2)c2ccccc2)c(NC(=O)C(C#N)=C(c2ccccc2)c2ccccc2)c1. The molecule has 2 N–H and O–H groups in total. The van der Waals surface area contributed by atoms with Crippen LogP contribution in [-0.2, 0) is 9.59 Å². The van der Waals surface area contributed by atoms with Gasteiger partial charge in [-0.05, 0) is 46.9 Å². The Morgan fingerprint density at radius 3 is 1.16 bits per heavy atom. The maximum absolute atomic E-state index is 13.8. The van der Waals surface area contributed by atoms with Gasteiger partial charge in [-0.2, -0.15) is 10.5 Å². The van der Waals surface area contributed by atoms with E-state index in [1.807, 2.05) is 128 Å². The standard InChI is InChI=1S/C39H28N4O2/c1-27-22-23-34(42-38(44)32(25-40)36(28-14-6-2-7-15-28)29-16-8-3-9-17-29)35(24-27)43-39(45)33(26-41)37(30-18-10-4-11-19-30)31-20-12-5-13-21-31/h2-24H,1H3,(H,42,44)(H,43,45). The highest BCUT2D eigenvalue weighted by Crippen LogP contribution is 2.31. The van der Waals surface area contributed by atoms with Gasteiger partial charge in [0.15, 0.2) is 0 Å². The summed E-state index contributed by atoms with van der Waals surface area (Å²) < 4.78 is 0. The van der Waals surface area contributed by atoms with Crippen LogP contribution in [0.15, 0.2) is 151 Å². The zero-order valence-electron chi connectivity index (χ0n) is 24.5. The Morgan fingerprint density at radius 2 is 0.822 bits per heavy atom. The molecule has 5 aromatic rings. The lowest BCUT2D eigenvalue weighted by Crippen LogP contribution is -2.20. The van der Waals surface area contributed by atoms with Crippen molar-refractivity contribution < 1.29 is 9.59 Å². The van der Waals surface area contributed by atoms with Crippen molar-refractivity contribution in [1.82, 2.24) is 0 Å². The molecule has 0 spiro atoms. The number of hydrogen-bond acceptors (Lipinski definition) is 4. The number of amides is 2. The lowest BCUT2D eigenvalue weighted by molar-refractivity contribution is -0.113. The van der Waals surface area contributed by atoms with Crippen molar-refractivity contribution in [2.45, 2.75) is 6.92 Å². The molecule has 216 valence electrons. The summed E-state index contributed by atoms with van der Waals surface area (Å²) in [5, 5.41) is 26.1. The lowest BCUT2D eigenvalue weighted by Gasteiger charge is -2.16. The van der Waals surface area contributed by atoms with Crippen LogP contribution in [0.5, 0.6) is 0 Å². The highest BCUT2D eigenvalue weighted by Gasteiger charge is 2.22. The molecule has 0 aliphatic carbocycles. The van der Waals surface area contributed by atoms with Crippen LogP contribution in [-0.4, -0.2) is 11.8 Å². The van der Waals surface area contributed by atoms with Gasteiger partial charge in [0, 0.05) is 11.1 Å². The molecule has 0 unspecified atom stereocenters. The number of carbonyl (C=O) groups excluding carboxylic acids is 2. The average Bonchev–Trinajstić information content (AvgIpc) is 3.08. The van der Waals surface area contributed by atoms with Crippen molar-refractivity contribution in [3.05, 3.63) is 178 Å². The van der Waals surface area contributed by atoms with Gasteiger partial charge >= 0.3 is 0 Å². The van der Waals surface area contributed by atoms with Gasteiger partial charge in [-0.15, -0.1) is 0 Å². The summed E-state index contributed by atoms with van der Waals surface area (Å²) in [6.07, 6.45) is 0. The van der Waals surface area contributed by atoms with E-state index >= 15 is 0 Å². The predicted molar refractivity (Wildman–Crippen MR) is 177 cm³/mol. The second-order valence-corrected chi connectivity index (χ2v) is 10.1. The third-order valence-corrected chi connectivity index (χ3v) is 7.10. The normalized spacial score (nSPS) is 10.0. The molecule has 2 amide bonds. The summed E-state index contributed by atoms with van der Waals surface area (Å²) >= 11 is 0. The van der Waals surface area contributed by atoms with Gasteiger partial charge in [0.05, 0.1) is 11.4 Å². The Kier molecular flexibility index (Phi) is 9.40. The molecule has 0 aliphatic rings. The number of benzene rings is 5. The van der Waals surface area contributed by atoms with E-state index in [0.717, 1.165) is 5.56 Å². The van der Waals surface area contributed by atoms with E-state index < -0.39 is 11.8 Å². The topological polar surface area (TPSA) is 106 Å². The Bertz CT molecular complexity index is 1900. The molecule has 5 rings (SSSR count). The zero-order valence-corrected chi connectivity index (χ0v) is 24.5. The van der Waals surface area contributed by atoms with Gasteiger partial charge in [-0.3, -0.25) is 9.59 Å². The number of carbonyl (C=O) groups is 2. The van der Waals surface area contributed by atoms with Crippen molar-refractivity contribution in [1.29, 1.82) is 10.5 Å². The summed E-state index contributed by atoms with van der Waals surface area (Å²) in [5.41, 5.74) is 5.05. The van der Waals surface area contributed by atoms with Crippen LogP contribution < -0.4 is 10.6 Å². The molecular formula is C39H28N4O2. The molecule has 0 atom stereocenters. The Morgan fingerprint density at radius 1 is 0.489 bits per heavy atom.